The minimum atomic E-state index is 0.437. The molecule has 1 nitrogen and oxygen atoms in total. The second kappa shape index (κ2) is 11.0. The summed E-state index contributed by atoms with van der Waals surface area (Å²) >= 11 is 0. The van der Waals surface area contributed by atoms with Gasteiger partial charge in [0.1, 0.15) is 0 Å². The van der Waals surface area contributed by atoms with Gasteiger partial charge in [0.05, 0.1) is 6.10 Å². The van der Waals surface area contributed by atoms with E-state index in [9.17, 15) is 0 Å². The maximum absolute atomic E-state index is 5.45. The average molecular weight is 202 g/mol. The predicted molar refractivity (Wildman–Crippen MR) is 65.7 cm³/mol. The fraction of sp³-hybridized carbons (Fsp3) is 1.00. The zero-order valence-corrected chi connectivity index (χ0v) is 11.3. The first-order valence-electron chi connectivity index (χ1n) is 6.05. The molecular formula is C13H30O. The zero-order valence-electron chi connectivity index (χ0n) is 11.3. The van der Waals surface area contributed by atoms with Crippen molar-refractivity contribution >= 4 is 0 Å². The van der Waals surface area contributed by atoms with Gasteiger partial charge >= 0.3 is 0 Å². The van der Waals surface area contributed by atoms with Gasteiger partial charge in [-0.15, -0.1) is 0 Å². The Morgan fingerprint density at radius 1 is 0.786 bits per heavy atom. The molecule has 0 aromatic carbocycles. The standard InChI is InChI=1S/C8H18O.C5H12/c1-5-8(4)9-6-7(2)3;1-4-5(2)3/h7-8H,5-6H2,1-4H3;5H,4H2,1-3H3. The molecule has 0 saturated heterocycles. The topological polar surface area (TPSA) is 9.23 Å². The molecule has 1 heteroatoms. The molecule has 88 valence electrons. The van der Waals surface area contributed by atoms with E-state index in [1.54, 1.807) is 0 Å². The van der Waals surface area contributed by atoms with Crippen LogP contribution in [0.4, 0.5) is 0 Å². The zero-order chi connectivity index (χ0) is 11.6. The molecule has 0 rings (SSSR count). The molecule has 0 fully saturated rings. The molecule has 0 aromatic heterocycles. The highest BCUT2D eigenvalue weighted by atomic mass is 16.5. The molecule has 1 unspecified atom stereocenters. The van der Waals surface area contributed by atoms with Crippen LogP contribution in [0.15, 0.2) is 0 Å². The van der Waals surface area contributed by atoms with Crippen molar-refractivity contribution in [2.75, 3.05) is 6.61 Å². The molecule has 0 saturated carbocycles. The lowest BCUT2D eigenvalue weighted by atomic mass is 10.2. The molecule has 0 heterocycles. The van der Waals surface area contributed by atoms with Crippen molar-refractivity contribution < 1.29 is 4.74 Å². The van der Waals surface area contributed by atoms with Gasteiger partial charge < -0.3 is 4.74 Å². The van der Waals surface area contributed by atoms with Crippen molar-refractivity contribution in [2.45, 2.75) is 67.4 Å². The Morgan fingerprint density at radius 3 is 1.43 bits per heavy atom. The minimum absolute atomic E-state index is 0.437. The van der Waals surface area contributed by atoms with Crippen LogP contribution in [-0.2, 0) is 4.74 Å². The van der Waals surface area contributed by atoms with Gasteiger partial charge in [-0.25, -0.2) is 0 Å². The van der Waals surface area contributed by atoms with Crippen molar-refractivity contribution in [1.29, 1.82) is 0 Å². The van der Waals surface area contributed by atoms with E-state index in [0.717, 1.165) is 18.9 Å². The normalized spacial score (nSPS) is 12.6. The highest BCUT2D eigenvalue weighted by Gasteiger charge is 1.98. The van der Waals surface area contributed by atoms with Gasteiger partial charge in [0, 0.05) is 6.61 Å². The van der Waals surface area contributed by atoms with Crippen LogP contribution in [0.5, 0.6) is 0 Å². The Kier molecular flexibility index (Phi) is 12.9. The molecule has 0 aliphatic heterocycles. The Morgan fingerprint density at radius 2 is 1.21 bits per heavy atom. The van der Waals surface area contributed by atoms with Gasteiger partial charge in [-0.05, 0) is 25.2 Å². The number of hydrogen-bond acceptors (Lipinski definition) is 1. The Bertz CT molecular complexity index is 97.4. The SMILES string of the molecule is CCC(C)C.CCC(C)OCC(C)C. The monoisotopic (exact) mass is 202 g/mol. The summed E-state index contributed by atoms with van der Waals surface area (Å²) < 4.78 is 5.45. The van der Waals surface area contributed by atoms with E-state index in [-0.39, 0.29) is 0 Å². The summed E-state index contributed by atoms with van der Waals surface area (Å²) in [5.74, 6) is 1.55. The Labute approximate surface area is 91.2 Å². The van der Waals surface area contributed by atoms with Crippen LogP contribution in [0.3, 0.4) is 0 Å². The van der Waals surface area contributed by atoms with Crippen LogP contribution in [0.25, 0.3) is 0 Å². The van der Waals surface area contributed by atoms with Crippen molar-refractivity contribution in [3.63, 3.8) is 0 Å². The first kappa shape index (κ1) is 16.4. The third-order valence-corrected chi connectivity index (χ3v) is 2.11. The van der Waals surface area contributed by atoms with Crippen LogP contribution >= 0.6 is 0 Å². The van der Waals surface area contributed by atoms with E-state index in [1.807, 2.05) is 0 Å². The summed E-state index contributed by atoms with van der Waals surface area (Å²) in [5.41, 5.74) is 0. The number of hydrogen-bond donors (Lipinski definition) is 0. The maximum Gasteiger partial charge on any atom is 0.0544 e. The van der Waals surface area contributed by atoms with Crippen molar-refractivity contribution in [1.82, 2.24) is 0 Å². The van der Waals surface area contributed by atoms with Crippen molar-refractivity contribution in [3.8, 4) is 0 Å². The van der Waals surface area contributed by atoms with E-state index >= 15 is 0 Å². The maximum atomic E-state index is 5.45. The lowest BCUT2D eigenvalue weighted by Crippen LogP contribution is -2.10. The molecule has 0 radical (unpaired) electrons. The van der Waals surface area contributed by atoms with Crippen LogP contribution in [-0.4, -0.2) is 12.7 Å². The Balaban J connectivity index is 0. The van der Waals surface area contributed by atoms with Gasteiger partial charge in [-0.1, -0.05) is 48.0 Å². The van der Waals surface area contributed by atoms with Gasteiger partial charge in [-0.3, -0.25) is 0 Å². The molecule has 0 aliphatic carbocycles. The summed E-state index contributed by atoms with van der Waals surface area (Å²) in [5, 5.41) is 0. The largest absolute Gasteiger partial charge is 0.378 e. The van der Waals surface area contributed by atoms with Gasteiger partial charge in [0.15, 0.2) is 0 Å². The minimum Gasteiger partial charge on any atom is -0.378 e. The van der Waals surface area contributed by atoms with E-state index in [1.165, 1.54) is 6.42 Å². The van der Waals surface area contributed by atoms with Gasteiger partial charge in [0.2, 0.25) is 0 Å². The van der Waals surface area contributed by atoms with Crippen LogP contribution < -0.4 is 0 Å². The average Bonchev–Trinajstić information content (AvgIpc) is 2.14. The predicted octanol–water partition coefficient (Wildman–Crippen LogP) is 4.51. The summed E-state index contributed by atoms with van der Waals surface area (Å²) in [4.78, 5) is 0. The first-order chi connectivity index (χ1) is 6.43. The molecule has 0 bridgehead atoms. The third kappa shape index (κ3) is 17.9. The lowest BCUT2D eigenvalue weighted by molar-refractivity contribution is 0.0455. The fourth-order valence-electron chi connectivity index (χ4n) is 0.475. The van der Waals surface area contributed by atoms with Crippen LogP contribution in [0.2, 0.25) is 0 Å². The first-order valence-corrected chi connectivity index (χ1v) is 6.05. The van der Waals surface area contributed by atoms with Gasteiger partial charge in [-0.2, -0.15) is 0 Å². The van der Waals surface area contributed by atoms with Crippen LogP contribution in [0.1, 0.15) is 61.3 Å². The van der Waals surface area contributed by atoms with E-state index < -0.39 is 0 Å². The highest BCUT2D eigenvalue weighted by Crippen LogP contribution is 1.99. The summed E-state index contributed by atoms with van der Waals surface area (Å²) in [7, 11) is 0. The number of rotatable bonds is 5. The van der Waals surface area contributed by atoms with E-state index in [4.69, 9.17) is 4.74 Å². The smallest absolute Gasteiger partial charge is 0.0544 e. The molecule has 0 spiro atoms. The molecule has 0 aliphatic rings. The van der Waals surface area contributed by atoms with Gasteiger partial charge in [0.25, 0.3) is 0 Å². The lowest BCUT2D eigenvalue weighted by Gasteiger charge is -2.11. The third-order valence-electron chi connectivity index (χ3n) is 2.11. The molecule has 14 heavy (non-hydrogen) atoms. The van der Waals surface area contributed by atoms with Crippen molar-refractivity contribution in [2.24, 2.45) is 11.8 Å². The van der Waals surface area contributed by atoms with Crippen molar-refractivity contribution in [3.05, 3.63) is 0 Å². The summed E-state index contributed by atoms with van der Waals surface area (Å²) in [6, 6.07) is 0. The fourth-order valence-corrected chi connectivity index (χ4v) is 0.475. The molecule has 0 aromatic rings. The summed E-state index contributed by atoms with van der Waals surface area (Å²) in [6.07, 6.45) is 2.86. The quantitative estimate of drug-likeness (QED) is 0.637. The Hall–Kier alpha value is -0.0400. The second-order valence-corrected chi connectivity index (χ2v) is 4.75. The molecule has 0 N–H and O–H groups in total. The molecule has 1 atom stereocenters. The summed E-state index contributed by atoms with van der Waals surface area (Å²) in [6.45, 7) is 16.1. The number of ether oxygens (including phenoxy) is 1. The molecular weight excluding hydrogens is 172 g/mol. The highest BCUT2D eigenvalue weighted by molar-refractivity contribution is 4.46. The molecule has 0 amide bonds. The van der Waals surface area contributed by atoms with Crippen LogP contribution in [0, 0.1) is 11.8 Å². The van der Waals surface area contributed by atoms with E-state index in [2.05, 4.69) is 48.5 Å². The van der Waals surface area contributed by atoms with E-state index in [0.29, 0.717) is 12.0 Å². The second-order valence-electron chi connectivity index (χ2n) is 4.75.